The van der Waals surface area contributed by atoms with Crippen LogP contribution >= 0.6 is 0 Å². The van der Waals surface area contributed by atoms with E-state index in [0.29, 0.717) is 0 Å². The van der Waals surface area contributed by atoms with Gasteiger partial charge in [-0.3, -0.25) is 4.79 Å². The fraction of sp³-hybridized carbons (Fsp3) is 0.423. The first-order chi connectivity index (χ1) is 19.9. The summed E-state index contributed by atoms with van der Waals surface area (Å²) in [5.41, 5.74) is -1.35. The van der Waals surface area contributed by atoms with Crippen LogP contribution in [0.25, 0.3) is 22.3 Å². The van der Waals surface area contributed by atoms with Gasteiger partial charge >= 0.3 is 0 Å². The first-order valence-corrected chi connectivity index (χ1v) is 12.6. The van der Waals surface area contributed by atoms with Crippen LogP contribution in [0.2, 0.25) is 0 Å². The average molecular weight is 596 g/mol. The Bertz CT molecular complexity index is 1510. The van der Waals surface area contributed by atoms with Crippen molar-refractivity contribution in [2.45, 2.75) is 55.3 Å². The molecule has 2 aliphatic rings. The van der Waals surface area contributed by atoms with Crippen molar-refractivity contribution in [3.8, 4) is 40.1 Å². The fourth-order valence-corrected chi connectivity index (χ4v) is 4.69. The van der Waals surface area contributed by atoms with Gasteiger partial charge in [-0.2, -0.15) is 0 Å². The maximum Gasteiger partial charge on any atom is 0.239 e. The van der Waals surface area contributed by atoms with E-state index in [1.807, 2.05) is 0 Å². The van der Waals surface area contributed by atoms with Gasteiger partial charge in [0.25, 0.3) is 0 Å². The molecule has 0 bridgehead atoms. The lowest BCUT2D eigenvalue weighted by molar-refractivity contribution is -0.290. The van der Waals surface area contributed by atoms with Crippen molar-refractivity contribution in [2.24, 2.45) is 0 Å². The predicted octanol–water partition coefficient (Wildman–Crippen LogP) is -2.08. The molecule has 16 heteroatoms. The van der Waals surface area contributed by atoms with Crippen LogP contribution in [0.3, 0.4) is 0 Å². The van der Waals surface area contributed by atoms with Gasteiger partial charge in [0.05, 0.1) is 13.2 Å². The summed E-state index contributed by atoms with van der Waals surface area (Å²) in [5.74, 6) is -3.33. The molecule has 2 aromatic carbocycles. The van der Waals surface area contributed by atoms with Crippen LogP contribution in [0.15, 0.2) is 39.5 Å². The minimum atomic E-state index is -1.96. The van der Waals surface area contributed by atoms with E-state index >= 15 is 0 Å². The van der Waals surface area contributed by atoms with Crippen molar-refractivity contribution in [1.82, 2.24) is 0 Å². The van der Waals surface area contributed by atoms with Gasteiger partial charge in [-0.05, 0) is 18.2 Å². The van der Waals surface area contributed by atoms with E-state index in [1.165, 1.54) is 6.07 Å². The number of aliphatic hydroxyl groups is 6. The fourth-order valence-electron chi connectivity index (χ4n) is 4.69. The molecule has 3 aromatic rings. The second-order valence-corrected chi connectivity index (χ2v) is 9.80. The Morgan fingerprint density at radius 1 is 0.738 bits per heavy atom. The van der Waals surface area contributed by atoms with Crippen LogP contribution < -0.4 is 10.2 Å². The first kappa shape index (κ1) is 29.8. The van der Waals surface area contributed by atoms with Crippen LogP contribution in [-0.2, 0) is 14.2 Å². The summed E-state index contributed by atoms with van der Waals surface area (Å²) in [4.78, 5) is 13.5. The Morgan fingerprint density at radius 3 is 2.07 bits per heavy atom. The van der Waals surface area contributed by atoms with Crippen molar-refractivity contribution in [3.63, 3.8) is 0 Å². The lowest BCUT2D eigenvalue weighted by Gasteiger charge is -2.40. The summed E-state index contributed by atoms with van der Waals surface area (Å²) >= 11 is 0. The van der Waals surface area contributed by atoms with E-state index in [-0.39, 0.29) is 11.1 Å². The molecule has 10 N–H and O–H groups in total. The largest absolute Gasteiger partial charge is 0.508 e. The number of phenolic OH excluding ortho intramolecular Hbond substituents is 4. The summed E-state index contributed by atoms with van der Waals surface area (Å²) in [6.07, 6.45) is -14.6. The molecule has 0 spiro atoms. The molecule has 0 saturated carbocycles. The number of ether oxygens (including phenoxy) is 4. The molecule has 2 saturated heterocycles. The topological polar surface area (TPSA) is 269 Å². The molecule has 1 aromatic heterocycles. The first-order valence-electron chi connectivity index (χ1n) is 12.6. The highest BCUT2D eigenvalue weighted by Crippen LogP contribution is 2.39. The van der Waals surface area contributed by atoms with Crippen LogP contribution in [-0.4, -0.2) is 120 Å². The number of rotatable bonds is 7. The molecule has 2 fully saturated rings. The summed E-state index contributed by atoms with van der Waals surface area (Å²) in [7, 11) is 0. The van der Waals surface area contributed by atoms with Gasteiger partial charge in [0, 0.05) is 17.7 Å². The average Bonchev–Trinajstić information content (AvgIpc) is 3.22. The van der Waals surface area contributed by atoms with E-state index < -0.39 is 114 Å². The SMILES string of the molecule is O=c1c(O[C@@H]2O[C@H](CO[C@@H]3O[C@H](CO)[C@H](O)[C@H]3O)[C@@H](O)[C@H](O)[C@H]2O)c(-c2ccc(O)c(O)c2)oc2cc(O)cc(O)c12. The lowest BCUT2D eigenvalue weighted by atomic mass is 9.99. The molecule has 42 heavy (non-hydrogen) atoms. The van der Waals surface area contributed by atoms with Crippen LogP contribution in [0.4, 0.5) is 0 Å². The number of aromatic hydroxyl groups is 4. The second kappa shape index (κ2) is 11.5. The second-order valence-electron chi connectivity index (χ2n) is 9.80. The van der Waals surface area contributed by atoms with Crippen molar-refractivity contribution in [3.05, 3.63) is 40.6 Å². The molecule has 0 amide bonds. The Kier molecular flexibility index (Phi) is 8.17. The lowest BCUT2D eigenvalue weighted by Crippen LogP contribution is -2.60. The Balaban J connectivity index is 1.48. The van der Waals surface area contributed by atoms with Gasteiger partial charge in [0.15, 0.2) is 23.5 Å². The standard InChI is InChI=1S/C26H28O16/c27-6-14-17(32)21(36)25(40-14)38-7-15-18(33)20(35)22(37)26(41-15)42-24-19(34)16-12(31)4-9(28)5-13(16)39-23(24)8-1-2-10(29)11(30)3-8/h1-5,14-15,17-18,20-22,25-33,35-37H,6-7H2/t14-,15-,17+,18-,20+,21-,22-,25-,26+/m1/s1. The number of phenols is 4. The van der Waals surface area contributed by atoms with E-state index in [2.05, 4.69) is 0 Å². The molecule has 0 unspecified atom stereocenters. The Morgan fingerprint density at radius 2 is 1.40 bits per heavy atom. The highest BCUT2D eigenvalue weighted by atomic mass is 16.7. The van der Waals surface area contributed by atoms with Crippen molar-refractivity contribution in [1.29, 1.82) is 0 Å². The van der Waals surface area contributed by atoms with E-state index in [1.54, 1.807) is 0 Å². The summed E-state index contributed by atoms with van der Waals surface area (Å²) in [6.45, 7) is -1.21. The molecule has 228 valence electrons. The van der Waals surface area contributed by atoms with Gasteiger partial charge in [-0.1, -0.05) is 0 Å². The zero-order valence-electron chi connectivity index (χ0n) is 21.4. The quantitative estimate of drug-likeness (QED) is 0.131. The molecule has 5 rings (SSSR count). The number of aliphatic hydroxyl groups excluding tert-OH is 6. The number of hydrogen-bond acceptors (Lipinski definition) is 16. The highest BCUT2D eigenvalue weighted by molar-refractivity contribution is 5.88. The molecule has 3 heterocycles. The summed E-state index contributed by atoms with van der Waals surface area (Å²) < 4.78 is 27.5. The third kappa shape index (κ3) is 5.31. The highest BCUT2D eigenvalue weighted by Gasteiger charge is 2.48. The molecule has 16 nitrogen and oxygen atoms in total. The normalized spacial score (nSPS) is 31.4. The number of hydrogen-bond donors (Lipinski definition) is 10. The van der Waals surface area contributed by atoms with Gasteiger partial charge in [0.1, 0.15) is 65.2 Å². The number of benzene rings is 2. The minimum absolute atomic E-state index is 0.0303. The Hall–Kier alpha value is -3.71. The van der Waals surface area contributed by atoms with E-state index in [0.717, 1.165) is 24.3 Å². The van der Waals surface area contributed by atoms with Crippen molar-refractivity contribution < 1.29 is 74.4 Å². The molecule has 0 radical (unpaired) electrons. The van der Waals surface area contributed by atoms with Crippen LogP contribution in [0.5, 0.6) is 28.7 Å². The van der Waals surface area contributed by atoms with Crippen molar-refractivity contribution in [2.75, 3.05) is 13.2 Å². The predicted molar refractivity (Wildman–Crippen MR) is 136 cm³/mol. The van der Waals surface area contributed by atoms with Gasteiger partial charge in [0.2, 0.25) is 17.5 Å². The van der Waals surface area contributed by atoms with Crippen LogP contribution in [0, 0.1) is 0 Å². The maximum absolute atomic E-state index is 13.5. The monoisotopic (exact) mass is 596 g/mol. The van der Waals surface area contributed by atoms with E-state index in [9.17, 15) is 55.9 Å². The minimum Gasteiger partial charge on any atom is -0.508 e. The number of fused-ring (bicyclic) bond motifs is 1. The zero-order chi connectivity index (χ0) is 30.5. The third-order valence-corrected chi connectivity index (χ3v) is 6.98. The summed E-state index contributed by atoms with van der Waals surface area (Å²) in [5, 5.41) is 100. The van der Waals surface area contributed by atoms with E-state index in [4.69, 9.17) is 23.4 Å². The summed E-state index contributed by atoms with van der Waals surface area (Å²) in [6, 6.07) is 5.23. The van der Waals surface area contributed by atoms with Crippen molar-refractivity contribution >= 4 is 11.0 Å². The maximum atomic E-state index is 13.5. The smallest absolute Gasteiger partial charge is 0.239 e. The zero-order valence-corrected chi connectivity index (χ0v) is 21.4. The molecular weight excluding hydrogens is 568 g/mol. The Labute approximate surface area is 235 Å². The van der Waals surface area contributed by atoms with Gasteiger partial charge < -0.3 is 74.4 Å². The molecule has 2 aliphatic heterocycles. The molecular formula is C26H28O16. The van der Waals surface area contributed by atoms with Gasteiger partial charge in [-0.25, -0.2) is 0 Å². The van der Waals surface area contributed by atoms with Gasteiger partial charge in [-0.15, -0.1) is 0 Å². The third-order valence-electron chi connectivity index (χ3n) is 6.98. The van der Waals surface area contributed by atoms with Crippen LogP contribution in [0.1, 0.15) is 0 Å². The molecule has 0 aliphatic carbocycles. The molecule has 9 atom stereocenters.